The van der Waals surface area contributed by atoms with Crippen LogP contribution < -0.4 is 9.47 Å². The zero-order chi connectivity index (χ0) is 35.4. The third-order valence-corrected chi connectivity index (χ3v) is 9.46. The summed E-state index contributed by atoms with van der Waals surface area (Å²) in [6.07, 6.45) is 2.52. The van der Waals surface area contributed by atoms with Crippen molar-refractivity contribution in [1.29, 1.82) is 0 Å². The predicted octanol–water partition coefficient (Wildman–Crippen LogP) is 8.33. The minimum absolute atomic E-state index is 0.0863. The second kappa shape index (κ2) is 12.3. The summed E-state index contributed by atoms with van der Waals surface area (Å²) in [7, 11) is 0. The topological polar surface area (TPSA) is 160 Å². The molecule has 6 aromatic carbocycles. The number of hydrogen-bond acceptors (Lipinski definition) is 9. The summed E-state index contributed by atoms with van der Waals surface area (Å²) in [4.78, 5) is 0. The first-order valence-electron chi connectivity index (χ1n) is 16.3. The van der Waals surface area contributed by atoms with Crippen LogP contribution in [0, 0.1) is 0 Å². The molecule has 0 aromatic heterocycles. The van der Waals surface area contributed by atoms with Crippen molar-refractivity contribution in [3.05, 3.63) is 160 Å². The van der Waals surface area contributed by atoms with Gasteiger partial charge in [-0.3, -0.25) is 0 Å². The van der Waals surface area contributed by atoms with E-state index in [-0.39, 0.29) is 40.2 Å². The Labute approximate surface area is 292 Å². The van der Waals surface area contributed by atoms with Crippen molar-refractivity contribution >= 4 is 12.2 Å². The van der Waals surface area contributed by atoms with Gasteiger partial charge in [-0.1, -0.05) is 48.6 Å². The number of phenols is 7. The first kappa shape index (κ1) is 31.5. The molecule has 0 spiro atoms. The number of ether oxygens (including phenoxy) is 2. The molecule has 9 nitrogen and oxygen atoms in total. The molecule has 0 bridgehead atoms. The molecule has 0 unspecified atom stereocenters. The lowest BCUT2D eigenvalue weighted by Crippen LogP contribution is -2.14. The summed E-state index contributed by atoms with van der Waals surface area (Å²) in [6, 6.07) is 30.7. The lowest BCUT2D eigenvalue weighted by Gasteiger charge is -2.24. The van der Waals surface area contributed by atoms with E-state index < -0.39 is 24.0 Å². The molecule has 0 saturated heterocycles. The third kappa shape index (κ3) is 5.84. The summed E-state index contributed by atoms with van der Waals surface area (Å²) in [5.41, 5.74) is 5.59. The van der Waals surface area contributed by atoms with Crippen molar-refractivity contribution in [3.8, 4) is 51.7 Å². The van der Waals surface area contributed by atoms with E-state index in [2.05, 4.69) is 0 Å². The summed E-state index contributed by atoms with van der Waals surface area (Å²) in [5, 5.41) is 72.8. The number of hydrogen-bond donors (Lipinski definition) is 7. The van der Waals surface area contributed by atoms with Crippen LogP contribution in [0.15, 0.2) is 115 Å². The second-order valence-corrected chi connectivity index (χ2v) is 12.8. The van der Waals surface area contributed by atoms with E-state index in [1.165, 1.54) is 12.1 Å². The first-order chi connectivity index (χ1) is 24.6. The zero-order valence-corrected chi connectivity index (χ0v) is 26.9. The molecule has 6 aromatic rings. The first-order valence-corrected chi connectivity index (χ1v) is 16.3. The average Bonchev–Trinajstić information content (AvgIpc) is 3.66. The Morgan fingerprint density at radius 1 is 0.373 bits per heavy atom. The van der Waals surface area contributed by atoms with Gasteiger partial charge in [-0.05, 0) is 94.0 Å². The van der Waals surface area contributed by atoms with E-state index in [4.69, 9.17) is 9.47 Å². The molecule has 2 aliphatic rings. The summed E-state index contributed by atoms with van der Waals surface area (Å²) in [5.74, 6) is -0.409. The molecule has 0 amide bonds. The van der Waals surface area contributed by atoms with E-state index in [0.29, 0.717) is 28.2 Å². The van der Waals surface area contributed by atoms with Crippen molar-refractivity contribution in [2.24, 2.45) is 0 Å². The van der Waals surface area contributed by atoms with Gasteiger partial charge in [0.1, 0.15) is 64.0 Å². The fourth-order valence-corrected chi connectivity index (χ4v) is 7.31. The van der Waals surface area contributed by atoms with E-state index >= 15 is 0 Å². The molecule has 51 heavy (non-hydrogen) atoms. The van der Waals surface area contributed by atoms with Crippen molar-refractivity contribution in [2.75, 3.05) is 0 Å². The smallest absolute Gasteiger partial charge is 0.135 e. The highest BCUT2D eigenvalue weighted by Gasteiger charge is 2.45. The standard InChI is InChI=1S/C42H32O9/c43-27-8-1-22(2-9-27)3-14-34-39-35(50-41(23-4-10-28(44)11-5-23)37(39)25-15-30(46)19-31(47)16-25)21-36-40(34)38(26-17-32(48)20-33(49)18-26)42(51-36)24-6-12-29(45)13-7-24/h1-21,37-38,41-49H/t37-,38-,41-,42+/m0/s1. The van der Waals surface area contributed by atoms with Crippen LogP contribution in [0.4, 0.5) is 0 Å². The van der Waals surface area contributed by atoms with Crippen molar-refractivity contribution in [3.63, 3.8) is 0 Å². The lowest BCUT2D eigenvalue weighted by molar-refractivity contribution is 0.212. The van der Waals surface area contributed by atoms with Crippen LogP contribution in [0.3, 0.4) is 0 Å². The Hall–Kier alpha value is -6.74. The molecule has 4 atom stereocenters. The predicted molar refractivity (Wildman–Crippen MR) is 190 cm³/mol. The summed E-state index contributed by atoms with van der Waals surface area (Å²) < 4.78 is 13.5. The molecular formula is C42H32O9. The zero-order valence-electron chi connectivity index (χ0n) is 26.9. The number of aromatic hydroxyl groups is 7. The fraction of sp³-hybridized carbons (Fsp3) is 0.0952. The number of phenolic OH excluding ortho intramolecular Hbond substituents is 7. The Kier molecular flexibility index (Phi) is 7.60. The van der Waals surface area contributed by atoms with Crippen LogP contribution in [0.1, 0.15) is 68.6 Å². The van der Waals surface area contributed by atoms with Gasteiger partial charge in [-0.15, -0.1) is 0 Å². The SMILES string of the molecule is Oc1ccc(C=Cc2c3c(cc4c2[C@H](c2cc(O)cc(O)c2)[C@H](c2ccc(O)cc2)O4)O[C@H](c2ccc(O)cc2)[C@H]3c2cc(O)cc(O)c2)cc1. The van der Waals surface area contributed by atoms with Crippen molar-refractivity contribution in [2.45, 2.75) is 24.0 Å². The fourth-order valence-electron chi connectivity index (χ4n) is 7.31. The minimum Gasteiger partial charge on any atom is -0.508 e. The van der Waals surface area contributed by atoms with Gasteiger partial charge in [0.15, 0.2) is 0 Å². The summed E-state index contributed by atoms with van der Waals surface area (Å²) >= 11 is 0. The second-order valence-electron chi connectivity index (χ2n) is 12.8. The molecule has 9 heteroatoms. The molecule has 0 radical (unpaired) electrons. The minimum atomic E-state index is -0.652. The molecule has 0 aliphatic carbocycles. The van der Waals surface area contributed by atoms with Crippen LogP contribution in [-0.2, 0) is 0 Å². The molecule has 0 fully saturated rings. The highest BCUT2D eigenvalue weighted by atomic mass is 16.5. The van der Waals surface area contributed by atoms with Crippen molar-refractivity contribution < 1.29 is 45.2 Å². The number of benzene rings is 6. The number of fused-ring (bicyclic) bond motifs is 2. The Bertz CT molecular complexity index is 2120. The monoisotopic (exact) mass is 680 g/mol. The highest BCUT2D eigenvalue weighted by Crippen LogP contribution is 2.60. The number of rotatable bonds is 6. The molecular weight excluding hydrogens is 648 g/mol. The molecule has 2 heterocycles. The van der Waals surface area contributed by atoms with E-state index in [0.717, 1.165) is 27.8 Å². The maximum absolute atomic E-state index is 10.7. The lowest BCUT2D eigenvalue weighted by atomic mass is 9.77. The van der Waals surface area contributed by atoms with Gasteiger partial charge in [0, 0.05) is 29.3 Å². The summed E-state index contributed by atoms with van der Waals surface area (Å²) in [6.45, 7) is 0. The maximum atomic E-state index is 10.7. The maximum Gasteiger partial charge on any atom is 0.135 e. The average molecular weight is 681 g/mol. The molecule has 8 rings (SSSR count). The molecule has 7 N–H and O–H groups in total. The molecule has 254 valence electrons. The van der Waals surface area contributed by atoms with Gasteiger partial charge in [-0.25, -0.2) is 0 Å². The normalized spacial score (nSPS) is 19.0. The van der Waals surface area contributed by atoms with Gasteiger partial charge >= 0.3 is 0 Å². The molecule has 2 aliphatic heterocycles. The Morgan fingerprint density at radius 3 is 1.14 bits per heavy atom. The quantitative estimate of drug-likeness (QED) is 0.0858. The third-order valence-electron chi connectivity index (χ3n) is 9.46. The Morgan fingerprint density at radius 2 is 0.745 bits per heavy atom. The van der Waals surface area contributed by atoms with Gasteiger partial charge in [0.2, 0.25) is 0 Å². The van der Waals surface area contributed by atoms with Crippen LogP contribution in [0.2, 0.25) is 0 Å². The van der Waals surface area contributed by atoms with Crippen LogP contribution in [0.25, 0.3) is 12.2 Å². The van der Waals surface area contributed by atoms with Gasteiger partial charge in [0.25, 0.3) is 0 Å². The van der Waals surface area contributed by atoms with Crippen LogP contribution >= 0.6 is 0 Å². The Balaban J connectivity index is 1.42. The van der Waals surface area contributed by atoms with E-state index in [1.54, 1.807) is 97.1 Å². The van der Waals surface area contributed by atoms with Gasteiger partial charge in [-0.2, -0.15) is 0 Å². The van der Waals surface area contributed by atoms with Crippen molar-refractivity contribution in [1.82, 2.24) is 0 Å². The van der Waals surface area contributed by atoms with Gasteiger partial charge in [0.05, 0.1) is 11.8 Å². The highest BCUT2D eigenvalue weighted by molar-refractivity contribution is 5.80. The van der Waals surface area contributed by atoms with E-state index in [1.807, 2.05) is 18.2 Å². The van der Waals surface area contributed by atoms with Gasteiger partial charge < -0.3 is 45.2 Å². The largest absolute Gasteiger partial charge is 0.508 e. The van der Waals surface area contributed by atoms with Crippen LogP contribution in [-0.4, -0.2) is 35.7 Å². The molecule has 0 saturated carbocycles. The van der Waals surface area contributed by atoms with E-state index in [9.17, 15) is 35.7 Å². The van der Waals surface area contributed by atoms with Crippen LogP contribution in [0.5, 0.6) is 51.7 Å².